The van der Waals surface area contributed by atoms with Gasteiger partial charge in [0.15, 0.2) is 22.3 Å². The molecule has 0 aliphatic rings. The maximum absolute atomic E-state index is 12.4. The number of amides is 1. The van der Waals surface area contributed by atoms with Crippen molar-refractivity contribution in [2.24, 2.45) is 0 Å². The molecule has 0 saturated heterocycles. The molecule has 1 aromatic carbocycles. The van der Waals surface area contributed by atoms with Gasteiger partial charge >= 0.3 is 5.97 Å². The third-order valence-corrected chi connectivity index (χ3v) is 3.72. The second-order valence-corrected chi connectivity index (χ2v) is 5.27. The van der Waals surface area contributed by atoms with E-state index < -0.39 is 11.9 Å². The Morgan fingerprint density at radius 2 is 2.04 bits per heavy atom. The van der Waals surface area contributed by atoms with E-state index in [1.54, 1.807) is 6.92 Å². The second-order valence-electron chi connectivity index (χ2n) is 4.41. The summed E-state index contributed by atoms with van der Waals surface area (Å²) in [6.07, 6.45) is 0. The van der Waals surface area contributed by atoms with Crippen molar-refractivity contribution < 1.29 is 28.9 Å². The Bertz CT molecular complexity index is 758. The van der Waals surface area contributed by atoms with Gasteiger partial charge < -0.3 is 19.3 Å². The van der Waals surface area contributed by atoms with Crippen LogP contribution in [0.3, 0.4) is 0 Å². The fourth-order valence-corrected chi connectivity index (χ4v) is 2.60. The van der Waals surface area contributed by atoms with Gasteiger partial charge in [0.2, 0.25) is 0 Å². The number of anilines is 1. The van der Waals surface area contributed by atoms with Crippen LogP contribution in [0.15, 0.2) is 17.5 Å². The van der Waals surface area contributed by atoms with Crippen LogP contribution in [0.2, 0.25) is 0 Å². The van der Waals surface area contributed by atoms with Gasteiger partial charge in [0, 0.05) is 5.38 Å². The van der Waals surface area contributed by atoms with Crippen molar-refractivity contribution in [2.75, 3.05) is 26.1 Å². The fourth-order valence-electron chi connectivity index (χ4n) is 1.93. The molecule has 2 aromatic rings. The van der Waals surface area contributed by atoms with Gasteiger partial charge in [-0.25, -0.2) is 9.78 Å². The Morgan fingerprint density at radius 1 is 1.29 bits per heavy atom. The van der Waals surface area contributed by atoms with Crippen molar-refractivity contribution in [1.82, 2.24) is 4.98 Å². The first-order valence-electron chi connectivity index (χ1n) is 6.89. The summed E-state index contributed by atoms with van der Waals surface area (Å²) >= 11 is 1.06. The van der Waals surface area contributed by atoms with E-state index in [4.69, 9.17) is 14.2 Å². The van der Waals surface area contributed by atoms with E-state index in [1.165, 1.54) is 31.7 Å². The third-order valence-electron chi connectivity index (χ3n) is 2.96. The van der Waals surface area contributed by atoms with Crippen LogP contribution in [-0.4, -0.2) is 42.8 Å². The number of aromatic hydroxyl groups is 1. The zero-order valence-corrected chi connectivity index (χ0v) is 14.1. The number of carbonyl (C=O) groups is 2. The highest BCUT2D eigenvalue weighted by Gasteiger charge is 2.23. The highest BCUT2D eigenvalue weighted by Crippen LogP contribution is 2.37. The van der Waals surface area contributed by atoms with E-state index in [2.05, 4.69) is 10.3 Å². The molecule has 2 N–H and O–H groups in total. The SMILES string of the molecule is CCOC(=O)c1csc(NC(=O)c2c(O)ccc(OC)c2OC)n1. The molecule has 0 aliphatic heterocycles. The first-order valence-corrected chi connectivity index (χ1v) is 7.77. The molecule has 0 unspecified atom stereocenters. The van der Waals surface area contributed by atoms with Crippen LogP contribution in [0.4, 0.5) is 5.13 Å². The van der Waals surface area contributed by atoms with Crippen LogP contribution < -0.4 is 14.8 Å². The first-order chi connectivity index (χ1) is 11.5. The Labute approximate surface area is 142 Å². The molecule has 0 bridgehead atoms. The highest BCUT2D eigenvalue weighted by atomic mass is 32.1. The summed E-state index contributed by atoms with van der Waals surface area (Å²) in [7, 11) is 2.78. The number of rotatable bonds is 6. The predicted octanol–water partition coefficient (Wildman–Crippen LogP) is 2.29. The molecular formula is C15H16N2O6S. The van der Waals surface area contributed by atoms with Gasteiger partial charge in [-0.05, 0) is 19.1 Å². The van der Waals surface area contributed by atoms with Gasteiger partial charge in [-0.2, -0.15) is 0 Å². The van der Waals surface area contributed by atoms with Gasteiger partial charge in [0.25, 0.3) is 5.91 Å². The Hall–Kier alpha value is -2.81. The molecular weight excluding hydrogens is 336 g/mol. The average molecular weight is 352 g/mol. The summed E-state index contributed by atoms with van der Waals surface area (Å²) in [5, 5.41) is 14.1. The number of methoxy groups -OCH3 is 2. The number of hydrogen-bond donors (Lipinski definition) is 2. The molecule has 1 heterocycles. The zero-order chi connectivity index (χ0) is 17.7. The van der Waals surface area contributed by atoms with E-state index in [1.807, 2.05) is 0 Å². The number of ether oxygens (including phenoxy) is 3. The van der Waals surface area contributed by atoms with E-state index in [9.17, 15) is 14.7 Å². The monoisotopic (exact) mass is 352 g/mol. The topological polar surface area (TPSA) is 107 Å². The molecule has 0 atom stereocenters. The van der Waals surface area contributed by atoms with Gasteiger partial charge in [-0.3, -0.25) is 10.1 Å². The number of nitrogens with one attached hydrogen (secondary N) is 1. The molecule has 2 rings (SSSR count). The minimum Gasteiger partial charge on any atom is -0.507 e. The van der Waals surface area contributed by atoms with Crippen molar-refractivity contribution in [3.8, 4) is 17.2 Å². The Morgan fingerprint density at radius 3 is 2.67 bits per heavy atom. The molecule has 1 aromatic heterocycles. The summed E-state index contributed by atoms with van der Waals surface area (Å²) in [4.78, 5) is 28.0. The van der Waals surface area contributed by atoms with E-state index in [0.29, 0.717) is 5.75 Å². The summed E-state index contributed by atoms with van der Waals surface area (Å²) in [5.74, 6) is -1.10. The smallest absolute Gasteiger partial charge is 0.357 e. The average Bonchev–Trinajstić information content (AvgIpc) is 3.03. The fraction of sp³-hybridized carbons (Fsp3) is 0.267. The quantitative estimate of drug-likeness (QED) is 0.768. The molecule has 8 nitrogen and oxygen atoms in total. The number of esters is 1. The standard InChI is InChI=1S/C15H16N2O6S/c1-4-23-14(20)8-7-24-15(16-8)17-13(19)11-9(18)5-6-10(21-2)12(11)22-3/h5-7,18H,4H2,1-3H3,(H,16,17,19). The molecule has 24 heavy (non-hydrogen) atoms. The van der Waals surface area contributed by atoms with Crippen molar-refractivity contribution in [3.05, 3.63) is 28.8 Å². The zero-order valence-electron chi connectivity index (χ0n) is 13.3. The lowest BCUT2D eigenvalue weighted by Gasteiger charge is -2.13. The molecule has 0 radical (unpaired) electrons. The summed E-state index contributed by atoms with van der Waals surface area (Å²) in [6, 6.07) is 2.80. The summed E-state index contributed by atoms with van der Waals surface area (Å²) in [6.45, 7) is 1.91. The molecule has 1 amide bonds. The number of phenolic OH excluding ortho intramolecular Hbond substituents is 1. The van der Waals surface area contributed by atoms with Crippen molar-refractivity contribution >= 4 is 28.3 Å². The lowest BCUT2D eigenvalue weighted by atomic mass is 10.1. The van der Waals surface area contributed by atoms with Crippen molar-refractivity contribution in [2.45, 2.75) is 6.92 Å². The lowest BCUT2D eigenvalue weighted by Crippen LogP contribution is -2.14. The van der Waals surface area contributed by atoms with Gasteiger partial charge in [0.1, 0.15) is 11.3 Å². The number of hydrogen-bond acceptors (Lipinski definition) is 8. The number of phenols is 1. The predicted molar refractivity (Wildman–Crippen MR) is 87.2 cm³/mol. The molecule has 128 valence electrons. The minimum absolute atomic E-state index is 0.0928. The van der Waals surface area contributed by atoms with Crippen LogP contribution in [-0.2, 0) is 4.74 Å². The van der Waals surface area contributed by atoms with Crippen LogP contribution in [0.1, 0.15) is 27.8 Å². The van der Waals surface area contributed by atoms with Crippen LogP contribution in [0.25, 0.3) is 0 Å². The van der Waals surface area contributed by atoms with E-state index >= 15 is 0 Å². The third kappa shape index (κ3) is 3.57. The van der Waals surface area contributed by atoms with Crippen molar-refractivity contribution in [3.63, 3.8) is 0 Å². The van der Waals surface area contributed by atoms with Gasteiger partial charge in [-0.1, -0.05) is 0 Å². The summed E-state index contributed by atoms with van der Waals surface area (Å²) in [5.41, 5.74) is 0.00344. The highest BCUT2D eigenvalue weighted by molar-refractivity contribution is 7.14. The van der Waals surface area contributed by atoms with Gasteiger partial charge in [-0.15, -0.1) is 11.3 Å². The maximum atomic E-state index is 12.4. The Balaban J connectivity index is 2.26. The maximum Gasteiger partial charge on any atom is 0.357 e. The van der Waals surface area contributed by atoms with Crippen LogP contribution >= 0.6 is 11.3 Å². The number of nitrogens with zero attached hydrogens (tertiary/aromatic N) is 1. The Kier molecular flexibility index (Phi) is 5.59. The number of benzene rings is 1. The molecule has 9 heteroatoms. The van der Waals surface area contributed by atoms with E-state index in [0.717, 1.165) is 11.3 Å². The number of aromatic nitrogens is 1. The molecule has 0 aliphatic carbocycles. The summed E-state index contributed by atoms with van der Waals surface area (Å²) < 4.78 is 15.1. The lowest BCUT2D eigenvalue weighted by molar-refractivity contribution is 0.0520. The number of thiazole rings is 1. The van der Waals surface area contributed by atoms with Crippen LogP contribution in [0, 0.1) is 0 Å². The normalized spacial score (nSPS) is 10.1. The van der Waals surface area contributed by atoms with Crippen molar-refractivity contribution in [1.29, 1.82) is 0 Å². The minimum atomic E-state index is -0.645. The van der Waals surface area contributed by atoms with E-state index in [-0.39, 0.29) is 34.5 Å². The molecule has 0 spiro atoms. The second kappa shape index (κ2) is 7.64. The number of carbonyl (C=O) groups excluding carboxylic acids is 2. The van der Waals surface area contributed by atoms with Crippen LogP contribution in [0.5, 0.6) is 17.2 Å². The first kappa shape index (κ1) is 17.5. The largest absolute Gasteiger partial charge is 0.507 e. The molecule has 0 fully saturated rings. The van der Waals surface area contributed by atoms with Gasteiger partial charge in [0.05, 0.1) is 20.8 Å². The molecule has 0 saturated carbocycles.